The monoisotopic (exact) mass is 680 g/mol. The molecule has 0 saturated carbocycles. The van der Waals surface area contributed by atoms with Crippen LogP contribution in [0.3, 0.4) is 0 Å². The molecule has 244 valence electrons. The summed E-state index contributed by atoms with van der Waals surface area (Å²) in [5.74, 6) is -0.927. The average molecular weight is 681 g/mol. The highest BCUT2D eigenvalue weighted by atomic mass is 28.3. The molecule has 0 unspecified atom stereocenters. The lowest BCUT2D eigenvalue weighted by atomic mass is 10.0. The van der Waals surface area contributed by atoms with Gasteiger partial charge in [0.15, 0.2) is 8.07 Å². The molecule has 10 aromatic carbocycles. The van der Waals surface area contributed by atoms with E-state index in [0.29, 0.717) is 0 Å². The van der Waals surface area contributed by atoms with Gasteiger partial charge in [0.2, 0.25) is 0 Å². The Balaban J connectivity index is 1.46. The normalized spacial score (nSPS) is 12.0. The van der Waals surface area contributed by atoms with Crippen LogP contribution < -0.4 is 20.7 Å². The predicted molar refractivity (Wildman–Crippen MR) is 222 cm³/mol. The summed E-state index contributed by atoms with van der Waals surface area (Å²) in [5.41, 5.74) is 0.281. The van der Waals surface area contributed by atoms with Crippen LogP contribution in [0.5, 0.6) is 0 Å². The molecule has 10 aromatic rings. The number of aromatic carboxylic acids is 1. The number of carbonyl (C=O) groups is 1. The van der Waals surface area contributed by atoms with Crippen LogP contribution in [0.4, 0.5) is 0 Å². The maximum atomic E-state index is 12.3. The number of benzene rings is 10. The van der Waals surface area contributed by atoms with E-state index in [1.165, 1.54) is 80.2 Å². The van der Waals surface area contributed by atoms with Gasteiger partial charge in [-0.25, -0.2) is 4.79 Å². The summed E-state index contributed by atoms with van der Waals surface area (Å²) in [6.45, 7) is 0. The van der Waals surface area contributed by atoms with Crippen molar-refractivity contribution >= 4 is 99.4 Å². The molecular formula is C49H32O2Si. The Morgan fingerprint density at radius 1 is 0.346 bits per heavy atom. The number of carboxylic acid groups (broad SMARTS) is 1. The zero-order chi connectivity index (χ0) is 34.8. The molecule has 0 amide bonds. The molecule has 1 N–H and O–H groups in total. The summed E-state index contributed by atoms with van der Waals surface area (Å²) >= 11 is 0. The number of hydrogen-bond acceptors (Lipinski definition) is 1. The first-order chi connectivity index (χ1) is 25.6. The quantitative estimate of drug-likeness (QED) is 0.112. The molecule has 0 saturated heterocycles. The van der Waals surface area contributed by atoms with Crippen LogP contribution in [0.1, 0.15) is 10.4 Å². The van der Waals surface area contributed by atoms with Gasteiger partial charge in [0, 0.05) is 0 Å². The lowest BCUT2D eigenvalue weighted by Gasteiger charge is -2.37. The number of hydrogen-bond donors (Lipinski definition) is 1. The first-order valence-corrected chi connectivity index (χ1v) is 19.7. The van der Waals surface area contributed by atoms with Crippen LogP contribution in [0.25, 0.3) is 64.6 Å². The van der Waals surface area contributed by atoms with Gasteiger partial charge in [-0.1, -0.05) is 140 Å². The fourth-order valence-corrected chi connectivity index (χ4v) is 14.0. The lowest BCUT2D eigenvalue weighted by Crippen LogP contribution is -2.75. The fourth-order valence-electron chi connectivity index (χ4n) is 8.65. The molecule has 0 atom stereocenters. The summed E-state index contributed by atoms with van der Waals surface area (Å²) < 4.78 is 0. The number of carboxylic acids is 1. The molecule has 0 aliphatic heterocycles. The van der Waals surface area contributed by atoms with Crippen molar-refractivity contribution in [1.82, 2.24) is 0 Å². The summed E-state index contributed by atoms with van der Waals surface area (Å²) in [6, 6.07) is 67.9. The molecule has 0 aromatic heterocycles. The van der Waals surface area contributed by atoms with E-state index in [1.54, 1.807) is 12.1 Å². The first-order valence-electron chi connectivity index (χ1n) is 17.7. The van der Waals surface area contributed by atoms with E-state index in [2.05, 4.69) is 176 Å². The highest BCUT2D eigenvalue weighted by molar-refractivity contribution is 7.22. The molecule has 0 bridgehead atoms. The molecule has 0 heterocycles. The van der Waals surface area contributed by atoms with E-state index in [4.69, 9.17) is 0 Å². The Morgan fingerprint density at radius 3 is 0.981 bits per heavy atom. The Hall–Kier alpha value is -6.55. The van der Waals surface area contributed by atoms with Crippen molar-refractivity contribution < 1.29 is 9.90 Å². The average Bonchev–Trinajstić information content (AvgIpc) is 3.19. The third-order valence-electron chi connectivity index (χ3n) is 11.0. The van der Waals surface area contributed by atoms with Crippen LogP contribution in [0, 0.1) is 0 Å². The van der Waals surface area contributed by atoms with Crippen molar-refractivity contribution in [2.45, 2.75) is 0 Å². The maximum Gasteiger partial charge on any atom is 0.335 e. The molecule has 2 nitrogen and oxygen atoms in total. The standard InChI is InChI=1S/C49H32O2Si/c50-49(51)32-22-24-42(25-23-32)52(46-19-7-16-39-26-33-10-1-4-13-36(33)29-43(39)46,47-20-8-17-40-27-34-11-2-5-14-37(34)30-44(40)47)48-21-9-18-41-28-35-12-3-6-15-38(35)31-45(41)48/h1-31H,(H,50,51). The van der Waals surface area contributed by atoms with E-state index < -0.39 is 14.0 Å². The summed E-state index contributed by atoms with van der Waals surface area (Å²) in [7, 11) is -3.31. The molecule has 0 spiro atoms. The molecule has 0 aliphatic rings. The Morgan fingerprint density at radius 2 is 0.654 bits per heavy atom. The van der Waals surface area contributed by atoms with Crippen LogP contribution in [0.2, 0.25) is 0 Å². The molecule has 0 fully saturated rings. The third-order valence-corrected chi connectivity index (χ3v) is 15.9. The van der Waals surface area contributed by atoms with Gasteiger partial charge >= 0.3 is 5.97 Å². The SMILES string of the molecule is O=C(O)c1ccc([Si](c2cccc3cc4ccccc4cc23)(c2cccc3cc4ccccc4cc23)c2cccc3cc4ccccc4cc23)cc1. The second-order valence-electron chi connectivity index (χ2n) is 13.8. The van der Waals surface area contributed by atoms with Crippen LogP contribution in [-0.2, 0) is 0 Å². The van der Waals surface area contributed by atoms with Crippen molar-refractivity contribution in [3.63, 3.8) is 0 Å². The largest absolute Gasteiger partial charge is 0.478 e. The minimum absolute atomic E-state index is 0.281. The fraction of sp³-hybridized carbons (Fsp3) is 0. The first kappa shape index (κ1) is 30.3. The predicted octanol–water partition coefficient (Wildman–Crippen LogP) is 9.68. The van der Waals surface area contributed by atoms with E-state index >= 15 is 0 Å². The van der Waals surface area contributed by atoms with Crippen LogP contribution >= 0.6 is 0 Å². The van der Waals surface area contributed by atoms with Crippen molar-refractivity contribution in [2.24, 2.45) is 0 Å². The van der Waals surface area contributed by atoms with Gasteiger partial charge < -0.3 is 5.11 Å². The van der Waals surface area contributed by atoms with E-state index in [0.717, 1.165) is 5.19 Å². The van der Waals surface area contributed by atoms with E-state index in [1.807, 2.05) is 0 Å². The summed E-state index contributed by atoms with van der Waals surface area (Å²) in [5, 5.41) is 29.4. The Bertz CT molecular complexity index is 2770. The molecule has 0 radical (unpaired) electrons. The van der Waals surface area contributed by atoms with Gasteiger partial charge in [0.1, 0.15) is 0 Å². The van der Waals surface area contributed by atoms with E-state index in [9.17, 15) is 9.90 Å². The van der Waals surface area contributed by atoms with Crippen LogP contribution in [0.15, 0.2) is 188 Å². The van der Waals surface area contributed by atoms with Crippen molar-refractivity contribution in [1.29, 1.82) is 0 Å². The minimum Gasteiger partial charge on any atom is -0.478 e. The van der Waals surface area contributed by atoms with Crippen molar-refractivity contribution in [3.05, 3.63) is 194 Å². The van der Waals surface area contributed by atoms with Crippen molar-refractivity contribution in [3.8, 4) is 0 Å². The molecule has 0 aliphatic carbocycles. The van der Waals surface area contributed by atoms with Crippen LogP contribution in [-0.4, -0.2) is 19.1 Å². The second kappa shape index (κ2) is 11.8. The number of rotatable bonds is 5. The highest BCUT2D eigenvalue weighted by Crippen LogP contribution is 2.30. The topological polar surface area (TPSA) is 37.3 Å². The summed E-state index contributed by atoms with van der Waals surface area (Å²) in [6.07, 6.45) is 0. The molecule has 52 heavy (non-hydrogen) atoms. The van der Waals surface area contributed by atoms with Gasteiger partial charge in [0.05, 0.1) is 5.56 Å². The third kappa shape index (κ3) is 4.60. The molecular weight excluding hydrogens is 649 g/mol. The zero-order valence-corrected chi connectivity index (χ0v) is 29.3. The van der Waals surface area contributed by atoms with Gasteiger partial charge in [0.25, 0.3) is 0 Å². The van der Waals surface area contributed by atoms with Gasteiger partial charge in [-0.3, -0.25) is 0 Å². The van der Waals surface area contributed by atoms with Gasteiger partial charge in [-0.15, -0.1) is 0 Å². The Labute approximate surface area is 301 Å². The maximum absolute atomic E-state index is 12.3. The number of fused-ring (bicyclic) bond motifs is 6. The van der Waals surface area contributed by atoms with E-state index in [-0.39, 0.29) is 5.56 Å². The van der Waals surface area contributed by atoms with Crippen molar-refractivity contribution in [2.75, 3.05) is 0 Å². The highest BCUT2D eigenvalue weighted by Gasteiger charge is 2.44. The summed E-state index contributed by atoms with van der Waals surface area (Å²) in [4.78, 5) is 12.3. The minimum atomic E-state index is -3.31. The molecule has 3 heteroatoms. The zero-order valence-electron chi connectivity index (χ0n) is 28.3. The van der Waals surface area contributed by atoms with Gasteiger partial charge in [-0.05, 0) is 134 Å². The Kier molecular flexibility index (Phi) is 6.85. The lowest BCUT2D eigenvalue weighted by molar-refractivity contribution is 0.0697. The smallest absolute Gasteiger partial charge is 0.335 e. The van der Waals surface area contributed by atoms with Gasteiger partial charge in [-0.2, -0.15) is 0 Å². The molecule has 10 rings (SSSR count). The second-order valence-corrected chi connectivity index (χ2v) is 17.5.